The number of anilines is 1. The number of imidazole rings is 1. The summed E-state index contributed by atoms with van der Waals surface area (Å²) in [4.78, 5) is 31.4. The number of morpholine rings is 1. The number of nitrogens with zero attached hydrogens (tertiary/aromatic N) is 3. The lowest BCUT2D eigenvalue weighted by molar-refractivity contribution is -0.116. The number of para-hydroxylation sites is 2. The molecule has 7 nitrogen and oxygen atoms in total. The molecule has 29 heavy (non-hydrogen) atoms. The fourth-order valence-electron chi connectivity index (χ4n) is 3.55. The minimum Gasteiger partial charge on any atom is -0.378 e. The zero-order valence-corrected chi connectivity index (χ0v) is 16.4. The summed E-state index contributed by atoms with van der Waals surface area (Å²) in [5.41, 5.74) is 3.18. The quantitative estimate of drug-likeness (QED) is 0.724. The predicted molar refractivity (Wildman–Crippen MR) is 111 cm³/mol. The van der Waals surface area contributed by atoms with Gasteiger partial charge in [-0.1, -0.05) is 18.2 Å². The predicted octanol–water partition coefficient (Wildman–Crippen LogP) is 2.62. The minimum atomic E-state index is -0.104. The third kappa shape index (κ3) is 4.30. The number of carbonyl (C=O) groups is 2. The minimum absolute atomic E-state index is 0.0379. The van der Waals surface area contributed by atoms with Crippen LogP contribution in [-0.2, 0) is 23.0 Å². The molecule has 0 spiro atoms. The van der Waals surface area contributed by atoms with Gasteiger partial charge in [0.25, 0.3) is 5.91 Å². The molecule has 1 aromatic heterocycles. The van der Waals surface area contributed by atoms with Crippen LogP contribution in [0.1, 0.15) is 22.6 Å². The van der Waals surface area contributed by atoms with Gasteiger partial charge in [0.15, 0.2) is 0 Å². The van der Waals surface area contributed by atoms with Crippen LogP contribution in [-0.4, -0.2) is 52.6 Å². The molecule has 0 atom stereocenters. The number of rotatable bonds is 5. The van der Waals surface area contributed by atoms with Crippen LogP contribution in [0.4, 0.5) is 5.69 Å². The Balaban J connectivity index is 1.38. The number of benzene rings is 2. The Morgan fingerprint density at radius 2 is 1.90 bits per heavy atom. The van der Waals surface area contributed by atoms with Crippen LogP contribution in [0.2, 0.25) is 0 Å². The second-order valence-electron chi connectivity index (χ2n) is 7.11. The monoisotopic (exact) mass is 392 g/mol. The van der Waals surface area contributed by atoms with Crippen molar-refractivity contribution in [2.45, 2.75) is 12.8 Å². The first-order valence-electron chi connectivity index (χ1n) is 9.79. The Kier molecular flexibility index (Phi) is 5.57. The van der Waals surface area contributed by atoms with Crippen LogP contribution in [0.5, 0.6) is 0 Å². The first-order chi connectivity index (χ1) is 14.1. The third-order valence-corrected chi connectivity index (χ3v) is 5.15. The van der Waals surface area contributed by atoms with Crippen LogP contribution in [0.25, 0.3) is 11.0 Å². The van der Waals surface area contributed by atoms with E-state index in [-0.39, 0.29) is 11.8 Å². The van der Waals surface area contributed by atoms with Crippen LogP contribution < -0.4 is 5.32 Å². The zero-order chi connectivity index (χ0) is 20.2. The molecule has 4 rings (SSSR count). The van der Waals surface area contributed by atoms with Crippen molar-refractivity contribution in [3.05, 3.63) is 59.9 Å². The van der Waals surface area contributed by atoms with Crippen molar-refractivity contribution in [3.63, 3.8) is 0 Å². The summed E-state index contributed by atoms with van der Waals surface area (Å²) in [6.45, 7) is 2.30. The molecule has 7 heteroatoms. The van der Waals surface area contributed by atoms with E-state index < -0.39 is 0 Å². The van der Waals surface area contributed by atoms with E-state index >= 15 is 0 Å². The van der Waals surface area contributed by atoms with E-state index in [1.54, 1.807) is 29.2 Å². The maximum Gasteiger partial charge on any atom is 0.254 e. The molecule has 2 aromatic carbocycles. The third-order valence-electron chi connectivity index (χ3n) is 5.15. The van der Waals surface area contributed by atoms with Gasteiger partial charge in [-0.15, -0.1) is 0 Å². The van der Waals surface area contributed by atoms with E-state index in [1.807, 2.05) is 35.9 Å². The normalized spacial score (nSPS) is 14.2. The van der Waals surface area contributed by atoms with Crippen molar-refractivity contribution in [2.75, 3.05) is 31.6 Å². The Morgan fingerprint density at radius 1 is 1.10 bits per heavy atom. The maximum absolute atomic E-state index is 12.6. The van der Waals surface area contributed by atoms with Crippen molar-refractivity contribution < 1.29 is 14.3 Å². The maximum atomic E-state index is 12.6. The van der Waals surface area contributed by atoms with Gasteiger partial charge in [0.05, 0.1) is 24.2 Å². The number of ether oxygens (including phenoxy) is 1. The molecule has 0 saturated carbocycles. The number of fused-ring (bicyclic) bond motifs is 1. The number of nitrogens with one attached hydrogen (secondary N) is 1. The van der Waals surface area contributed by atoms with E-state index in [0.717, 1.165) is 16.9 Å². The van der Waals surface area contributed by atoms with Crippen molar-refractivity contribution in [1.29, 1.82) is 0 Å². The molecule has 0 radical (unpaired) electrons. The van der Waals surface area contributed by atoms with Gasteiger partial charge < -0.3 is 19.5 Å². The smallest absolute Gasteiger partial charge is 0.254 e. The largest absolute Gasteiger partial charge is 0.378 e. The lowest BCUT2D eigenvalue weighted by atomic mass is 10.1. The zero-order valence-electron chi connectivity index (χ0n) is 16.4. The van der Waals surface area contributed by atoms with Crippen molar-refractivity contribution in [1.82, 2.24) is 14.5 Å². The average molecular weight is 392 g/mol. The lowest BCUT2D eigenvalue weighted by Crippen LogP contribution is -2.40. The highest BCUT2D eigenvalue weighted by Crippen LogP contribution is 2.17. The summed E-state index contributed by atoms with van der Waals surface area (Å²) in [6, 6.07) is 15.0. The lowest BCUT2D eigenvalue weighted by Gasteiger charge is -2.27. The number of hydrogen-bond donors (Lipinski definition) is 1. The Bertz CT molecular complexity index is 1040. The highest BCUT2D eigenvalue weighted by molar-refractivity contribution is 5.97. The van der Waals surface area contributed by atoms with Crippen molar-refractivity contribution in [3.8, 4) is 0 Å². The highest BCUT2D eigenvalue weighted by atomic mass is 16.5. The van der Waals surface area contributed by atoms with Crippen LogP contribution in [0.15, 0.2) is 48.5 Å². The SMILES string of the molecule is Cn1c(CCC(=O)Nc2cccc(C(=O)N3CCOCC3)c2)nc2ccccc21. The Morgan fingerprint density at radius 3 is 2.69 bits per heavy atom. The molecule has 0 aliphatic carbocycles. The molecule has 2 heterocycles. The van der Waals surface area contributed by atoms with Gasteiger partial charge in [-0.25, -0.2) is 4.98 Å². The summed E-state index contributed by atoms with van der Waals surface area (Å²) in [5, 5.41) is 2.89. The molecule has 2 amide bonds. The van der Waals surface area contributed by atoms with Crippen molar-refractivity contribution >= 4 is 28.5 Å². The molecular weight excluding hydrogens is 368 g/mol. The molecule has 1 aliphatic rings. The molecule has 1 aliphatic heterocycles. The van der Waals surface area contributed by atoms with Crippen LogP contribution >= 0.6 is 0 Å². The number of aromatic nitrogens is 2. The first kappa shape index (κ1) is 19.1. The summed E-state index contributed by atoms with van der Waals surface area (Å²) >= 11 is 0. The van der Waals surface area contributed by atoms with Crippen molar-refractivity contribution in [2.24, 2.45) is 7.05 Å². The second-order valence-corrected chi connectivity index (χ2v) is 7.11. The van der Waals surface area contributed by atoms with Gasteiger partial charge in [-0.2, -0.15) is 0 Å². The molecule has 0 bridgehead atoms. The molecular formula is C22H24N4O3. The summed E-state index contributed by atoms with van der Waals surface area (Å²) < 4.78 is 7.31. The molecule has 150 valence electrons. The van der Waals surface area contributed by atoms with Gasteiger partial charge in [0.2, 0.25) is 5.91 Å². The summed E-state index contributed by atoms with van der Waals surface area (Å²) in [7, 11) is 1.96. The average Bonchev–Trinajstić information content (AvgIpc) is 3.08. The second kappa shape index (κ2) is 8.45. The number of amides is 2. The van der Waals surface area contributed by atoms with Crippen LogP contribution in [0, 0.1) is 0 Å². The Hall–Kier alpha value is -3.19. The van der Waals surface area contributed by atoms with Gasteiger partial charge in [-0.3, -0.25) is 9.59 Å². The fraction of sp³-hybridized carbons (Fsp3) is 0.318. The van der Waals surface area contributed by atoms with E-state index in [2.05, 4.69) is 10.3 Å². The van der Waals surface area contributed by atoms with E-state index in [4.69, 9.17) is 4.74 Å². The molecule has 1 fully saturated rings. The fourth-order valence-corrected chi connectivity index (χ4v) is 3.55. The van der Waals surface area contributed by atoms with Crippen LogP contribution in [0.3, 0.4) is 0 Å². The van der Waals surface area contributed by atoms with Gasteiger partial charge in [0, 0.05) is 44.2 Å². The van der Waals surface area contributed by atoms with Gasteiger partial charge in [0.1, 0.15) is 5.82 Å². The van der Waals surface area contributed by atoms with E-state index in [1.165, 1.54) is 0 Å². The summed E-state index contributed by atoms with van der Waals surface area (Å²) in [5.74, 6) is 0.731. The van der Waals surface area contributed by atoms with Gasteiger partial charge in [-0.05, 0) is 30.3 Å². The first-order valence-corrected chi connectivity index (χ1v) is 9.79. The van der Waals surface area contributed by atoms with E-state index in [0.29, 0.717) is 50.4 Å². The van der Waals surface area contributed by atoms with E-state index in [9.17, 15) is 9.59 Å². The topological polar surface area (TPSA) is 76.5 Å². The molecule has 1 N–H and O–H groups in total. The van der Waals surface area contributed by atoms with Gasteiger partial charge >= 0.3 is 0 Å². The number of hydrogen-bond acceptors (Lipinski definition) is 4. The molecule has 3 aromatic rings. The number of carbonyl (C=O) groups excluding carboxylic acids is 2. The standard InChI is InChI=1S/C22H24N4O3/c1-25-19-8-3-2-7-18(19)24-20(25)9-10-21(27)23-17-6-4-5-16(15-17)22(28)26-11-13-29-14-12-26/h2-8,15H,9-14H2,1H3,(H,23,27). The Labute approximate surface area is 169 Å². The molecule has 0 unspecified atom stereocenters. The molecule has 1 saturated heterocycles. The summed E-state index contributed by atoms with van der Waals surface area (Å²) in [6.07, 6.45) is 0.863. The highest BCUT2D eigenvalue weighted by Gasteiger charge is 2.19. The number of aryl methyl sites for hydroxylation is 2.